The highest BCUT2D eigenvalue weighted by atomic mass is 32.2. The van der Waals surface area contributed by atoms with Crippen LogP contribution in [0.3, 0.4) is 0 Å². The van der Waals surface area contributed by atoms with E-state index < -0.39 is 0 Å². The zero-order valence-electron chi connectivity index (χ0n) is 15.2. The van der Waals surface area contributed by atoms with Crippen LogP contribution >= 0.6 is 23.1 Å². The van der Waals surface area contributed by atoms with Gasteiger partial charge in [0.1, 0.15) is 11.6 Å². The normalized spacial score (nSPS) is 11.5. The van der Waals surface area contributed by atoms with Crippen molar-refractivity contribution in [2.75, 3.05) is 0 Å². The Labute approximate surface area is 167 Å². The Hall–Kier alpha value is -2.50. The summed E-state index contributed by atoms with van der Waals surface area (Å²) in [6, 6.07) is 23.0. The van der Waals surface area contributed by atoms with Crippen molar-refractivity contribution in [3.63, 3.8) is 0 Å². The van der Waals surface area contributed by atoms with E-state index in [4.69, 9.17) is 0 Å². The van der Waals surface area contributed by atoms with E-state index in [1.165, 1.54) is 20.7 Å². The molecule has 4 aromatic rings. The number of hydrogen-bond acceptors (Lipinski definition) is 5. The van der Waals surface area contributed by atoms with E-state index in [2.05, 4.69) is 71.5 Å². The highest BCUT2D eigenvalue weighted by Gasteiger charge is 2.06. The van der Waals surface area contributed by atoms with E-state index in [1.807, 2.05) is 24.3 Å². The molecule has 27 heavy (non-hydrogen) atoms. The first-order valence-electron chi connectivity index (χ1n) is 8.74. The Bertz CT molecular complexity index is 1070. The predicted octanol–water partition coefficient (Wildman–Crippen LogP) is 7.35. The number of aryl methyl sites for hydroxylation is 2. The van der Waals surface area contributed by atoms with Crippen molar-refractivity contribution in [2.45, 2.75) is 30.2 Å². The van der Waals surface area contributed by atoms with Gasteiger partial charge in [0, 0.05) is 9.79 Å². The van der Waals surface area contributed by atoms with Gasteiger partial charge in [0.25, 0.3) is 0 Å². The molecule has 134 valence electrons. The van der Waals surface area contributed by atoms with Gasteiger partial charge in [-0.15, -0.1) is 11.3 Å². The number of nitrogens with zero attached hydrogens (tertiary/aromatic N) is 3. The molecule has 1 heterocycles. The summed E-state index contributed by atoms with van der Waals surface area (Å²) in [5, 5.41) is 9.90. The molecule has 0 aliphatic carbocycles. The smallest absolute Gasteiger partial charge is 0.117 e. The second-order valence-electron chi connectivity index (χ2n) is 6.36. The van der Waals surface area contributed by atoms with Crippen LogP contribution in [-0.4, -0.2) is 4.98 Å². The topological polar surface area (TPSA) is 37.6 Å². The number of para-hydroxylation sites is 1. The molecule has 0 saturated carbocycles. The highest BCUT2D eigenvalue weighted by molar-refractivity contribution is 7.99. The standard InChI is InChI=1S/C22H19N3S2/c1-15-7-10-17(11-8-15)26-21-13-16(2)9-12-19(21)25-23-14-22-24-18-5-3-4-6-20(18)27-22/h3-13H,14H2,1-2H3. The number of hydrogen-bond donors (Lipinski definition) is 0. The van der Waals surface area contributed by atoms with Crippen molar-refractivity contribution in [3.8, 4) is 0 Å². The third-order valence-corrected chi connectivity index (χ3v) is 6.16. The first-order valence-corrected chi connectivity index (χ1v) is 10.4. The molecule has 0 aliphatic rings. The van der Waals surface area contributed by atoms with Gasteiger partial charge in [-0.3, -0.25) is 0 Å². The third kappa shape index (κ3) is 4.43. The lowest BCUT2D eigenvalue weighted by Crippen LogP contribution is -1.80. The molecule has 0 amide bonds. The summed E-state index contributed by atoms with van der Waals surface area (Å²) in [5.74, 6) is 0. The molecule has 0 unspecified atom stereocenters. The zero-order chi connectivity index (χ0) is 18.6. The molecule has 0 bridgehead atoms. The lowest BCUT2D eigenvalue weighted by Gasteiger charge is -2.06. The molecule has 3 nitrogen and oxygen atoms in total. The Morgan fingerprint density at radius 2 is 1.70 bits per heavy atom. The van der Waals surface area contributed by atoms with Crippen LogP contribution in [0.1, 0.15) is 16.1 Å². The van der Waals surface area contributed by atoms with Crippen LogP contribution in [0, 0.1) is 13.8 Å². The molecular formula is C22H19N3S2. The van der Waals surface area contributed by atoms with Crippen molar-refractivity contribution in [1.82, 2.24) is 4.98 Å². The van der Waals surface area contributed by atoms with Gasteiger partial charge in [0.15, 0.2) is 0 Å². The minimum Gasteiger partial charge on any atom is -0.239 e. The molecule has 0 spiro atoms. The average molecular weight is 390 g/mol. The molecule has 0 radical (unpaired) electrons. The molecule has 0 fully saturated rings. The summed E-state index contributed by atoms with van der Waals surface area (Å²) in [6.45, 7) is 4.70. The van der Waals surface area contributed by atoms with E-state index in [0.717, 1.165) is 21.1 Å². The Morgan fingerprint density at radius 1 is 0.926 bits per heavy atom. The third-order valence-electron chi connectivity index (χ3n) is 4.09. The van der Waals surface area contributed by atoms with Crippen molar-refractivity contribution >= 4 is 39.0 Å². The summed E-state index contributed by atoms with van der Waals surface area (Å²) >= 11 is 3.39. The van der Waals surface area contributed by atoms with Gasteiger partial charge in [-0.1, -0.05) is 47.7 Å². The van der Waals surface area contributed by atoms with Crippen LogP contribution in [0.15, 0.2) is 86.7 Å². The summed E-state index contributed by atoms with van der Waals surface area (Å²) in [6.07, 6.45) is 0. The fourth-order valence-corrected chi connectivity index (χ4v) is 4.55. The molecule has 1 aromatic heterocycles. The Balaban J connectivity index is 1.53. The lowest BCUT2D eigenvalue weighted by molar-refractivity contribution is 0.942. The van der Waals surface area contributed by atoms with Gasteiger partial charge < -0.3 is 0 Å². The number of rotatable bonds is 5. The second-order valence-corrected chi connectivity index (χ2v) is 8.59. The molecule has 0 atom stereocenters. The Kier molecular flexibility index (Phi) is 5.32. The monoisotopic (exact) mass is 389 g/mol. The van der Waals surface area contributed by atoms with Gasteiger partial charge in [-0.05, 0) is 55.8 Å². The van der Waals surface area contributed by atoms with Crippen molar-refractivity contribution < 1.29 is 0 Å². The van der Waals surface area contributed by atoms with E-state index >= 15 is 0 Å². The molecule has 4 rings (SSSR count). The van der Waals surface area contributed by atoms with Crippen LogP contribution in [0.5, 0.6) is 0 Å². The van der Waals surface area contributed by atoms with Crippen molar-refractivity contribution in [1.29, 1.82) is 0 Å². The predicted molar refractivity (Wildman–Crippen MR) is 114 cm³/mol. The molecule has 5 heteroatoms. The van der Waals surface area contributed by atoms with Crippen LogP contribution < -0.4 is 0 Å². The first-order chi connectivity index (χ1) is 13.2. The van der Waals surface area contributed by atoms with E-state index in [1.54, 1.807) is 23.1 Å². The lowest BCUT2D eigenvalue weighted by atomic mass is 10.2. The number of azo groups is 1. The van der Waals surface area contributed by atoms with Crippen molar-refractivity contribution in [3.05, 3.63) is 82.9 Å². The SMILES string of the molecule is Cc1ccc(Sc2cc(C)ccc2N=NCc2nc3ccccc3s2)cc1. The van der Waals surface area contributed by atoms with E-state index in [0.29, 0.717) is 6.54 Å². The first kappa shape index (κ1) is 17.9. The summed E-state index contributed by atoms with van der Waals surface area (Å²) in [4.78, 5) is 6.94. The van der Waals surface area contributed by atoms with E-state index in [9.17, 15) is 0 Å². The second kappa shape index (κ2) is 8.03. The summed E-state index contributed by atoms with van der Waals surface area (Å²) in [7, 11) is 0. The summed E-state index contributed by atoms with van der Waals surface area (Å²) < 4.78 is 1.19. The molecule has 0 N–H and O–H groups in total. The molecule has 3 aromatic carbocycles. The maximum atomic E-state index is 4.62. The maximum absolute atomic E-state index is 4.62. The van der Waals surface area contributed by atoms with Gasteiger partial charge in [0.2, 0.25) is 0 Å². The van der Waals surface area contributed by atoms with Crippen LogP contribution in [0.2, 0.25) is 0 Å². The van der Waals surface area contributed by atoms with Crippen LogP contribution in [-0.2, 0) is 6.54 Å². The molecular weight excluding hydrogens is 370 g/mol. The minimum atomic E-state index is 0.502. The van der Waals surface area contributed by atoms with Crippen LogP contribution in [0.4, 0.5) is 5.69 Å². The number of thiazole rings is 1. The number of aromatic nitrogens is 1. The zero-order valence-corrected chi connectivity index (χ0v) is 16.8. The Morgan fingerprint density at radius 3 is 2.52 bits per heavy atom. The molecule has 0 saturated heterocycles. The van der Waals surface area contributed by atoms with Gasteiger partial charge in [-0.2, -0.15) is 10.2 Å². The largest absolute Gasteiger partial charge is 0.239 e. The highest BCUT2D eigenvalue weighted by Crippen LogP contribution is 2.36. The average Bonchev–Trinajstić information content (AvgIpc) is 3.08. The molecule has 0 aliphatic heterocycles. The quantitative estimate of drug-likeness (QED) is 0.335. The van der Waals surface area contributed by atoms with Gasteiger partial charge >= 0.3 is 0 Å². The van der Waals surface area contributed by atoms with Crippen molar-refractivity contribution in [2.24, 2.45) is 10.2 Å². The number of fused-ring (bicyclic) bond motifs is 1. The number of benzene rings is 3. The van der Waals surface area contributed by atoms with Gasteiger partial charge in [-0.25, -0.2) is 4.98 Å². The summed E-state index contributed by atoms with van der Waals surface area (Å²) in [5.41, 5.74) is 4.40. The fourth-order valence-electron chi connectivity index (χ4n) is 2.68. The minimum absolute atomic E-state index is 0.502. The van der Waals surface area contributed by atoms with Gasteiger partial charge in [0.05, 0.1) is 15.9 Å². The van der Waals surface area contributed by atoms with E-state index in [-0.39, 0.29) is 0 Å². The fraction of sp³-hybridized carbons (Fsp3) is 0.136. The van der Waals surface area contributed by atoms with Crippen LogP contribution in [0.25, 0.3) is 10.2 Å². The maximum Gasteiger partial charge on any atom is 0.117 e.